The molecule has 8 nitrogen and oxygen atoms in total. The molecule has 0 unspecified atom stereocenters. The summed E-state index contributed by atoms with van der Waals surface area (Å²) < 4.78 is 6.89. The molecule has 2 atom stereocenters. The first-order valence-corrected chi connectivity index (χ1v) is 9.09. The van der Waals surface area contributed by atoms with Gasteiger partial charge in [-0.1, -0.05) is 23.3 Å². The van der Waals surface area contributed by atoms with Crippen LogP contribution in [0.5, 0.6) is 5.75 Å². The Balaban J connectivity index is 1.55. The number of ether oxygens (including phenoxy) is 1. The topological polar surface area (TPSA) is 94.8 Å². The molecule has 0 spiro atoms. The van der Waals surface area contributed by atoms with Gasteiger partial charge in [-0.3, -0.25) is 9.78 Å². The third-order valence-corrected chi connectivity index (χ3v) is 5.37. The molecule has 28 heavy (non-hydrogen) atoms. The van der Waals surface area contributed by atoms with Crippen molar-refractivity contribution in [3.8, 4) is 5.75 Å². The van der Waals surface area contributed by atoms with E-state index in [4.69, 9.17) is 4.74 Å². The molecule has 8 heteroatoms. The Morgan fingerprint density at radius 3 is 2.75 bits per heavy atom. The van der Waals surface area contributed by atoms with E-state index in [0.29, 0.717) is 12.4 Å². The van der Waals surface area contributed by atoms with E-state index < -0.39 is 0 Å². The predicted octanol–water partition coefficient (Wildman–Crippen LogP) is 2.49. The number of fused-ring (bicyclic) bond motifs is 1. The number of benzene rings is 1. The van der Waals surface area contributed by atoms with Crippen LogP contribution in [0.2, 0.25) is 0 Å². The molecule has 0 fully saturated rings. The van der Waals surface area contributed by atoms with E-state index in [2.05, 4.69) is 25.8 Å². The second-order valence-electron chi connectivity index (χ2n) is 6.95. The molecule has 0 bridgehead atoms. The average molecular weight is 374 g/mol. The third kappa shape index (κ3) is 2.65. The largest absolute Gasteiger partial charge is 0.497 e. The number of aromatic nitrogens is 5. The van der Waals surface area contributed by atoms with Crippen LogP contribution in [-0.4, -0.2) is 38.1 Å². The van der Waals surface area contributed by atoms with Gasteiger partial charge in [0.05, 0.1) is 7.11 Å². The first-order chi connectivity index (χ1) is 13.7. The lowest BCUT2D eigenvalue weighted by molar-refractivity contribution is -0.116. The standard InChI is InChI=1S/C20H18N6O2/c1-28-15-6-4-12(5-7-15)14-9-16-18(17(27)10-14)19(13-3-2-8-21-11-13)26-20(22-16)23-24-25-26/h2-8,11,14,19H,9-10H2,1H3,(H,22,23,25)/t14-,19+/m0/s1. The highest BCUT2D eigenvalue weighted by Crippen LogP contribution is 2.43. The number of hydrogen-bond acceptors (Lipinski definition) is 7. The van der Waals surface area contributed by atoms with E-state index >= 15 is 0 Å². The number of nitrogens with zero attached hydrogens (tertiary/aromatic N) is 5. The van der Waals surface area contributed by atoms with Gasteiger partial charge in [-0.25, -0.2) is 0 Å². The Bertz CT molecular complexity index is 1060. The second kappa shape index (κ2) is 6.56. The van der Waals surface area contributed by atoms with Gasteiger partial charge < -0.3 is 10.1 Å². The number of pyridine rings is 1. The van der Waals surface area contributed by atoms with Crippen LogP contribution < -0.4 is 10.1 Å². The van der Waals surface area contributed by atoms with Crippen molar-refractivity contribution in [2.75, 3.05) is 12.4 Å². The third-order valence-electron chi connectivity index (χ3n) is 5.37. The summed E-state index contributed by atoms with van der Waals surface area (Å²) in [5.74, 6) is 1.54. The fourth-order valence-electron chi connectivity index (χ4n) is 4.03. The molecule has 0 radical (unpaired) electrons. The van der Waals surface area contributed by atoms with E-state index in [0.717, 1.165) is 34.6 Å². The quantitative estimate of drug-likeness (QED) is 0.752. The van der Waals surface area contributed by atoms with Crippen molar-refractivity contribution in [2.45, 2.75) is 24.8 Å². The minimum Gasteiger partial charge on any atom is -0.497 e. The lowest BCUT2D eigenvalue weighted by Gasteiger charge is -2.34. The van der Waals surface area contributed by atoms with Gasteiger partial charge in [-0.2, -0.15) is 4.68 Å². The van der Waals surface area contributed by atoms with Crippen LogP contribution in [0.1, 0.15) is 35.9 Å². The van der Waals surface area contributed by atoms with E-state index in [1.165, 1.54) is 0 Å². The summed E-state index contributed by atoms with van der Waals surface area (Å²) in [7, 11) is 1.64. The van der Waals surface area contributed by atoms with Gasteiger partial charge in [-0.05, 0) is 52.1 Å². The number of nitrogens with one attached hydrogen (secondary N) is 1. The van der Waals surface area contributed by atoms with Crippen molar-refractivity contribution in [3.05, 3.63) is 71.2 Å². The normalized spacial score (nSPS) is 21.0. The Morgan fingerprint density at radius 2 is 2.00 bits per heavy atom. The first-order valence-electron chi connectivity index (χ1n) is 9.09. The molecule has 2 aliphatic rings. The number of allylic oxidation sites excluding steroid dienone is 2. The zero-order chi connectivity index (χ0) is 19.1. The molecule has 1 aromatic carbocycles. The molecule has 2 aromatic heterocycles. The highest BCUT2D eigenvalue weighted by Gasteiger charge is 2.39. The van der Waals surface area contributed by atoms with Gasteiger partial charge in [0.1, 0.15) is 11.8 Å². The fourth-order valence-corrected chi connectivity index (χ4v) is 4.03. The summed E-state index contributed by atoms with van der Waals surface area (Å²) in [6.07, 6.45) is 4.63. The minimum atomic E-state index is -0.362. The summed E-state index contributed by atoms with van der Waals surface area (Å²) in [6.45, 7) is 0. The fraction of sp³-hybridized carbons (Fsp3) is 0.250. The lowest BCUT2D eigenvalue weighted by atomic mass is 9.78. The molecule has 140 valence electrons. The highest BCUT2D eigenvalue weighted by atomic mass is 16.5. The monoisotopic (exact) mass is 374 g/mol. The lowest BCUT2D eigenvalue weighted by Crippen LogP contribution is -2.33. The number of anilines is 1. The van der Waals surface area contributed by atoms with E-state index in [9.17, 15) is 4.79 Å². The Labute approximate surface area is 161 Å². The van der Waals surface area contributed by atoms with Crippen molar-refractivity contribution in [1.82, 2.24) is 25.2 Å². The molecule has 3 aromatic rings. The smallest absolute Gasteiger partial charge is 0.248 e. The van der Waals surface area contributed by atoms with Gasteiger partial charge in [0.15, 0.2) is 5.78 Å². The van der Waals surface area contributed by atoms with Crippen LogP contribution >= 0.6 is 0 Å². The molecular formula is C20H18N6O2. The maximum Gasteiger partial charge on any atom is 0.248 e. The van der Waals surface area contributed by atoms with Gasteiger partial charge in [0, 0.05) is 30.1 Å². The number of rotatable bonds is 3. The van der Waals surface area contributed by atoms with Crippen LogP contribution in [0.25, 0.3) is 0 Å². The number of carbonyl (C=O) groups is 1. The molecular weight excluding hydrogens is 356 g/mol. The molecule has 3 heterocycles. The maximum atomic E-state index is 13.2. The Kier molecular flexibility index (Phi) is 3.89. The molecule has 0 saturated heterocycles. The second-order valence-corrected chi connectivity index (χ2v) is 6.95. The highest BCUT2D eigenvalue weighted by molar-refractivity contribution is 6.00. The SMILES string of the molecule is COc1ccc([C@@H]2CC(=O)C3=C(C2)Nc2nnnn2[C@@H]3c2cccnc2)cc1. The van der Waals surface area contributed by atoms with Crippen LogP contribution in [0, 0.1) is 0 Å². The van der Waals surface area contributed by atoms with Crippen molar-refractivity contribution in [1.29, 1.82) is 0 Å². The van der Waals surface area contributed by atoms with Crippen molar-refractivity contribution >= 4 is 11.7 Å². The van der Waals surface area contributed by atoms with Gasteiger partial charge >= 0.3 is 0 Å². The number of methoxy groups -OCH3 is 1. The number of carbonyl (C=O) groups excluding carboxylic acids is 1. The number of Topliss-reactive ketones (excluding diaryl/α,β-unsaturated/α-hetero) is 1. The van der Waals surface area contributed by atoms with Crippen molar-refractivity contribution in [2.24, 2.45) is 0 Å². The van der Waals surface area contributed by atoms with Crippen LogP contribution in [0.3, 0.4) is 0 Å². The predicted molar refractivity (Wildman–Crippen MR) is 101 cm³/mol. The van der Waals surface area contributed by atoms with Crippen LogP contribution in [-0.2, 0) is 4.79 Å². The maximum absolute atomic E-state index is 13.2. The van der Waals surface area contributed by atoms with E-state index in [1.807, 2.05) is 36.4 Å². The minimum absolute atomic E-state index is 0.0987. The summed E-state index contributed by atoms with van der Waals surface area (Å²) in [5.41, 5.74) is 3.61. The number of tetrazole rings is 1. The van der Waals surface area contributed by atoms with Crippen LogP contribution in [0.15, 0.2) is 60.1 Å². The molecule has 1 aliphatic carbocycles. The summed E-state index contributed by atoms with van der Waals surface area (Å²) in [4.78, 5) is 17.4. The van der Waals surface area contributed by atoms with Crippen molar-refractivity contribution < 1.29 is 9.53 Å². The molecule has 1 N–H and O–H groups in total. The van der Waals surface area contributed by atoms with Gasteiger partial charge in [0.25, 0.3) is 0 Å². The molecule has 5 rings (SSSR count). The van der Waals surface area contributed by atoms with Gasteiger partial charge in [0.2, 0.25) is 5.95 Å². The molecule has 1 aliphatic heterocycles. The Hall–Kier alpha value is -3.55. The molecule has 0 saturated carbocycles. The number of ketones is 1. The average Bonchev–Trinajstić information content (AvgIpc) is 3.21. The summed E-state index contributed by atoms with van der Waals surface area (Å²) in [5, 5.41) is 15.2. The first kappa shape index (κ1) is 16.6. The van der Waals surface area contributed by atoms with Gasteiger partial charge in [-0.15, -0.1) is 0 Å². The van der Waals surface area contributed by atoms with Crippen LogP contribution in [0.4, 0.5) is 5.95 Å². The number of hydrogen-bond donors (Lipinski definition) is 1. The molecule has 0 amide bonds. The summed E-state index contributed by atoms with van der Waals surface area (Å²) >= 11 is 0. The Morgan fingerprint density at radius 1 is 1.14 bits per heavy atom. The zero-order valence-electron chi connectivity index (χ0n) is 15.2. The van der Waals surface area contributed by atoms with Crippen molar-refractivity contribution in [3.63, 3.8) is 0 Å². The van der Waals surface area contributed by atoms with E-state index in [-0.39, 0.29) is 17.7 Å². The van der Waals surface area contributed by atoms with E-state index in [1.54, 1.807) is 24.2 Å². The summed E-state index contributed by atoms with van der Waals surface area (Å²) in [6, 6.07) is 11.3. The zero-order valence-corrected chi connectivity index (χ0v) is 15.2.